The summed E-state index contributed by atoms with van der Waals surface area (Å²) < 4.78 is 5.48. The number of hydrogen-bond donors (Lipinski definition) is 2. The number of nitro groups is 1. The van der Waals surface area contributed by atoms with Crippen LogP contribution >= 0.6 is 11.6 Å². The second-order valence-corrected chi connectivity index (χ2v) is 5.76. The first-order valence-electron chi connectivity index (χ1n) is 7.49. The van der Waals surface area contributed by atoms with Crippen LogP contribution in [0.15, 0.2) is 48.5 Å². The van der Waals surface area contributed by atoms with Crippen molar-refractivity contribution < 1.29 is 19.6 Å². The molecule has 132 valence electrons. The van der Waals surface area contributed by atoms with E-state index in [4.69, 9.17) is 16.3 Å². The molecule has 0 heterocycles. The lowest BCUT2D eigenvalue weighted by Crippen LogP contribution is -2.38. The van der Waals surface area contributed by atoms with Gasteiger partial charge in [-0.15, -0.1) is 0 Å². The highest BCUT2D eigenvalue weighted by atomic mass is 35.5. The number of nitrogens with zero attached hydrogens (tertiary/aromatic N) is 1. The first-order chi connectivity index (χ1) is 11.9. The highest BCUT2D eigenvalue weighted by Crippen LogP contribution is 2.18. The molecule has 2 aromatic rings. The fourth-order valence-electron chi connectivity index (χ4n) is 2.05. The van der Waals surface area contributed by atoms with Crippen molar-refractivity contribution in [3.8, 4) is 5.75 Å². The molecule has 7 nitrogen and oxygen atoms in total. The highest BCUT2D eigenvalue weighted by Gasteiger charge is 2.17. The van der Waals surface area contributed by atoms with E-state index in [1.807, 2.05) is 0 Å². The van der Waals surface area contributed by atoms with E-state index in [0.29, 0.717) is 16.3 Å². The number of nitro benzene ring substituents is 1. The largest absolute Gasteiger partial charge is 0.481 e. The molecule has 0 aliphatic carbocycles. The summed E-state index contributed by atoms with van der Waals surface area (Å²) in [5.74, 6) is 0.110. The summed E-state index contributed by atoms with van der Waals surface area (Å²) >= 11 is 5.78. The Morgan fingerprint density at radius 2 is 1.84 bits per heavy atom. The SMILES string of the molecule is C[C@@H](Oc1ccc(Cl)cc1)C(=O)NC[C@H](O)c1ccc([N+](=O)[O-])cc1. The van der Waals surface area contributed by atoms with Gasteiger partial charge >= 0.3 is 0 Å². The van der Waals surface area contributed by atoms with E-state index in [0.717, 1.165) is 0 Å². The smallest absolute Gasteiger partial charge is 0.269 e. The van der Waals surface area contributed by atoms with Crippen LogP contribution in [0.1, 0.15) is 18.6 Å². The van der Waals surface area contributed by atoms with Crippen LogP contribution < -0.4 is 10.1 Å². The van der Waals surface area contributed by atoms with Gasteiger partial charge in [0, 0.05) is 23.7 Å². The number of rotatable bonds is 7. The molecule has 0 unspecified atom stereocenters. The lowest BCUT2D eigenvalue weighted by Gasteiger charge is -2.17. The van der Waals surface area contributed by atoms with E-state index in [1.165, 1.54) is 24.3 Å². The van der Waals surface area contributed by atoms with Crippen molar-refractivity contribution in [3.63, 3.8) is 0 Å². The number of carbonyl (C=O) groups is 1. The topological polar surface area (TPSA) is 102 Å². The first-order valence-corrected chi connectivity index (χ1v) is 7.87. The molecule has 2 rings (SSSR count). The van der Waals surface area contributed by atoms with Gasteiger partial charge in [0.2, 0.25) is 0 Å². The van der Waals surface area contributed by atoms with Gasteiger partial charge in [-0.1, -0.05) is 11.6 Å². The third-order valence-corrected chi connectivity index (χ3v) is 3.71. The number of hydrogen-bond acceptors (Lipinski definition) is 5. The van der Waals surface area contributed by atoms with Crippen LogP contribution in [0.4, 0.5) is 5.69 Å². The number of aliphatic hydroxyl groups is 1. The van der Waals surface area contributed by atoms with Gasteiger partial charge in [-0.05, 0) is 48.9 Å². The van der Waals surface area contributed by atoms with E-state index in [9.17, 15) is 20.0 Å². The van der Waals surface area contributed by atoms with Crippen LogP contribution in [0.3, 0.4) is 0 Å². The van der Waals surface area contributed by atoms with E-state index < -0.39 is 23.0 Å². The van der Waals surface area contributed by atoms with Gasteiger partial charge in [0.15, 0.2) is 6.10 Å². The lowest BCUT2D eigenvalue weighted by molar-refractivity contribution is -0.384. The zero-order valence-electron chi connectivity index (χ0n) is 13.4. The molecule has 25 heavy (non-hydrogen) atoms. The zero-order chi connectivity index (χ0) is 18.4. The number of benzene rings is 2. The Kier molecular flexibility index (Phi) is 6.32. The van der Waals surface area contributed by atoms with Crippen LogP contribution in [0.5, 0.6) is 5.75 Å². The van der Waals surface area contributed by atoms with Crippen LogP contribution in [0, 0.1) is 10.1 Å². The Hall–Kier alpha value is -2.64. The molecule has 2 N–H and O–H groups in total. The Bertz CT molecular complexity index is 734. The Morgan fingerprint density at radius 3 is 2.40 bits per heavy atom. The van der Waals surface area contributed by atoms with Crippen LogP contribution in [-0.2, 0) is 4.79 Å². The van der Waals surface area contributed by atoms with E-state index in [-0.39, 0.29) is 12.2 Å². The fourth-order valence-corrected chi connectivity index (χ4v) is 2.17. The molecular weight excluding hydrogens is 348 g/mol. The van der Waals surface area contributed by atoms with Crippen molar-refractivity contribution in [2.75, 3.05) is 6.54 Å². The third kappa shape index (κ3) is 5.44. The second kappa shape index (κ2) is 8.46. The zero-order valence-corrected chi connectivity index (χ0v) is 14.1. The van der Waals surface area contributed by atoms with E-state index in [1.54, 1.807) is 31.2 Å². The summed E-state index contributed by atoms with van der Waals surface area (Å²) in [7, 11) is 0. The normalized spacial score (nSPS) is 12.9. The standard InChI is InChI=1S/C17H17ClN2O5/c1-11(25-15-8-4-13(18)5-9-15)17(22)19-10-16(21)12-2-6-14(7-3-12)20(23)24/h2-9,11,16,21H,10H2,1H3,(H,19,22)/t11-,16+/m1/s1. The minimum Gasteiger partial charge on any atom is -0.481 e. The van der Waals surface area contributed by atoms with Crippen molar-refractivity contribution in [2.24, 2.45) is 0 Å². The van der Waals surface area contributed by atoms with Gasteiger partial charge < -0.3 is 15.2 Å². The number of ether oxygens (including phenoxy) is 1. The number of non-ortho nitro benzene ring substituents is 1. The molecule has 0 saturated heterocycles. The number of nitrogens with one attached hydrogen (secondary N) is 1. The van der Waals surface area contributed by atoms with Crippen molar-refractivity contribution in [2.45, 2.75) is 19.1 Å². The Balaban J connectivity index is 1.85. The minimum atomic E-state index is -0.979. The summed E-state index contributed by atoms with van der Waals surface area (Å²) in [5.41, 5.74) is 0.405. The Labute approximate surface area is 149 Å². The van der Waals surface area contributed by atoms with Crippen LogP contribution in [-0.4, -0.2) is 28.6 Å². The van der Waals surface area contributed by atoms with Crippen molar-refractivity contribution in [1.29, 1.82) is 0 Å². The molecule has 2 aromatic carbocycles. The third-order valence-electron chi connectivity index (χ3n) is 3.45. The number of carbonyl (C=O) groups excluding carboxylic acids is 1. The molecular formula is C17H17ClN2O5. The maximum Gasteiger partial charge on any atom is 0.269 e. The minimum absolute atomic E-state index is 0.0367. The summed E-state index contributed by atoms with van der Waals surface area (Å²) in [4.78, 5) is 22.1. The molecule has 0 aromatic heterocycles. The second-order valence-electron chi connectivity index (χ2n) is 5.32. The summed E-state index contributed by atoms with van der Waals surface area (Å²) in [6, 6.07) is 12.1. The fraction of sp³-hybridized carbons (Fsp3) is 0.235. The van der Waals surface area contributed by atoms with Crippen LogP contribution in [0.2, 0.25) is 5.02 Å². The number of aliphatic hydroxyl groups excluding tert-OH is 1. The number of halogens is 1. The van der Waals surface area contributed by atoms with Gasteiger partial charge in [-0.2, -0.15) is 0 Å². The summed E-state index contributed by atoms with van der Waals surface area (Å²) in [6.45, 7) is 1.55. The average Bonchev–Trinajstić information content (AvgIpc) is 2.61. The van der Waals surface area contributed by atoms with Gasteiger partial charge in [-0.3, -0.25) is 14.9 Å². The average molecular weight is 365 g/mol. The van der Waals surface area contributed by atoms with Crippen molar-refractivity contribution in [3.05, 3.63) is 69.2 Å². The monoisotopic (exact) mass is 364 g/mol. The van der Waals surface area contributed by atoms with Crippen LogP contribution in [0.25, 0.3) is 0 Å². The highest BCUT2D eigenvalue weighted by molar-refractivity contribution is 6.30. The number of amides is 1. The molecule has 0 aliphatic heterocycles. The van der Waals surface area contributed by atoms with E-state index in [2.05, 4.69) is 5.32 Å². The first kappa shape index (κ1) is 18.7. The van der Waals surface area contributed by atoms with Gasteiger partial charge in [0.05, 0.1) is 11.0 Å². The molecule has 0 bridgehead atoms. The molecule has 0 aliphatic rings. The van der Waals surface area contributed by atoms with Gasteiger partial charge in [-0.25, -0.2) is 0 Å². The molecule has 0 saturated carbocycles. The quantitative estimate of drug-likeness (QED) is 0.581. The molecule has 8 heteroatoms. The summed E-state index contributed by atoms with van der Waals surface area (Å²) in [5, 5.41) is 23.8. The Morgan fingerprint density at radius 1 is 1.24 bits per heavy atom. The predicted molar refractivity (Wildman–Crippen MR) is 92.6 cm³/mol. The maximum absolute atomic E-state index is 12.0. The predicted octanol–water partition coefficient (Wildman–Crippen LogP) is 2.87. The van der Waals surface area contributed by atoms with Crippen molar-refractivity contribution >= 4 is 23.2 Å². The molecule has 2 atom stereocenters. The maximum atomic E-state index is 12.0. The molecule has 0 spiro atoms. The van der Waals surface area contributed by atoms with Crippen molar-refractivity contribution in [1.82, 2.24) is 5.32 Å². The summed E-state index contributed by atoms with van der Waals surface area (Å²) in [6.07, 6.45) is -1.74. The van der Waals surface area contributed by atoms with E-state index >= 15 is 0 Å². The lowest BCUT2D eigenvalue weighted by atomic mass is 10.1. The molecule has 0 radical (unpaired) electrons. The van der Waals surface area contributed by atoms with Gasteiger partial charge in [0.1, 0.15) is 5.75 Å². The molecule has 1 amide bonds. The molecule has 0 fully saturated rings. The van der Waals surface area contributed by atoms with Gasteiger partial charge in [0.25, 0.3) is 11.6 Å².